The van der Waals surface area contributed by atoms with Crippen LogP contribution >= 0.6 is 11.3 Å². The normalized spacial score (nSPS) is 31.4. The van der Waals surface area contributed by atoms with Gasteiger partial charge in [0.05, 0.1) is 12.6 Å². The summed E-state index contributed by atoms with van der Waals surface area (Å²) in [6.07, 6.45) is 6.65. The van der Waals surface area contributed by atoms with Crippen molar-refractivity contribution in [1.82, 2.24) is 20.1 Å². The van der Waals surface area contributed by atoms with Crippen molar-refractivity contribution in [2.24, 2.45) is 5.92 Å². The largest absolute Gasteiger partial charge is 0.422 e. The minimum atomic E-state index is -0.00943. The van der Waals surface area contributed by atoms with E-state index in [0.29, 0.717) is 23.8 Å². The SMILES string of the molecule is c1csc(CN2CC[C@@H]3O[C@@H](c4nnc(C5CC5)o4)C[C@H]3C2)n1. The van der Waals surface area contributed by atoms with Crippen LogP contribution in [0.15, 0.2) is 16.0 Å². The number of likely N-dealkylation sites (tertiary alicyclic amines) is 1. The number of nitrogens with zero attached hydrogens (tertiary/aromatic N) is 4. The van der Waals surface area contributed by atoms with E-state index >= 15 is 0 Å². The van der Waals surface area contributed by atoms with Gasteiger partial charge in [0.15, 0.2) is 0 Å². The fourth-order valence-electron chi connectivity index (χ4n) is 3.73. The molecular formula is C16H20N4O2S. The van der Waals surface area contributed by atoms with Crippen LogP contribution in [0.1, 0.15) is 54.5 Å². The first-order chi connectivity index (χ1) is 11.3. The molecule has 3 fully saturated rings. The monoisotopic (exact) mass is 332 g/mol. The molecule has 5 rings (SSSR count). The Kier molecular flexibility index (Phi) is 3.45. The lowest BCUT2D eigenvalue weighted by atomic mass is 9.93. The summed E-state index contributed by atoms with van der Waals surface area (Å²) in [5, 5.41) is 11.7. The number of aromatic nitrogens is 3. The second-order valence-electron chi connectivity index (χ2n) is 6.86. The first-order valence-electron chi connectivity index (χ1n) is 8.44. The number of hydrogen-bond acceptors (Lipinski definition) is 7. The zero-order chi connectivity index (χ0) is 15.2. The summed E-state index contributed by atoms with van der Waals surface area (Å²) < 4.78 is 12.1. The highest BCUT2D eigenvalue weighted by Gasteiger charge is 2.42. The summed E-state index contributed by atoms with van der Waals surface area (Å²) >= 11 is 1.73. The van der Waals surface area contributed by atoms with Crippen LogP contribution in [0.25, 0.3) is 0 Å². The molecule has 23 heavy (non-hydrogen) atoms. The lowest BCUT2D eigenvalue weighted by molar-refractivity contribution is -0.00982. The molecule has 0 amide bonds. The predicted molar refractivity (Wildman–Crippen MR) is 84.0 cm³/mol. The van der Waals surface area contributed by atoms with Crippen LogP contribution in [0.2, 0.25) is 0 Å². The summed E-state index contributed by atoms with van der Waals surface area (Å²) in [6.45, 7) is 3.10. The van der Waals surface area contributed by atoms with Crippen LogP contribution in [0.3, 0.4) is 0 Å². The number of piperidine rings is 1. The number of fused-ring (bicyclic) bond motifs is 1. The van der Waals surface area contributed by atoms with E-state index in [1.165, 1.54) is 17.8 Å². The highest BCUT2D eigenvalue weighted by atomic mass is 32.1. The molecule has 0 unspecified atom stereocenters. The van der Waals surface area contributed by atoms with Gasteiger partial charge >= 0.3 is 0 Å². The molecule has 1 saturated carbocycles. The van der Waals surface area contributed by atoms with Gasteiger partial charge in [0, 0.05) is 36.5 Å². The third-order valence-electron chi connectivity index (χ3n) is 5.10. The predicted octanol–water partition coefficient (Wildman–Crippen LogP) is 2.76. The van der Waals surface area contributed by atoms with Gasteiger partial charge in [-0.05, 0) is 25.7 Å². The van der Waals surface area contributed by atoms with Crippen LogP contribution in [-0.4, -0.2) is 39.3 Å². The molecule has 3 aliphatic rings. The molecule has 2 aromatic heterocycles. The zero-order valence-electron chi connectivity index (χ0n) is 12.9. The molecule has 0 N–H and O–H groups in total. The van der Waals surface area contributed by atoms with Crippen LogP contribution in [0.5, 0.6) is 0 Å². The summed E-state index contributed by atoms with van der Waals surface area (Å²) in [5.41, 5.74) is 0. The van der Waals surface area contributed by atoms with Crippen LogP contribution in [-0.2, 0) is 11.3 Å². The van der Waals surface area contributed by atoms with Gasteiger partial charge < -0.3 is 9.15 Å². The summed E-state index contributed by atoms with van der Waals surface area (Å²) in [7, 11) is 0. The Bertz CT molecular complexity index is 669. The molecule has 6 nitrogen and oxygen atoms in total. The van der Waals surface area contributed by atoms with E-state index in [-0.39, 0.29) is 6.10 Å². The number of thiazole rings is 1. The van der Waals surface area contributed by atoms with Crippen molar-refractivity contribution in [2.75, 3.05) is 13.1 Å². The molecule has 122 valence electrons. The van der Waals surface area contributed by atoms with Crippen LogP contribution in [0.4, 0.5) is 0 Å². The highest BCUT2D eigenvalue weighted by Crippen LogP contribution is 2.43. The van der Waals surface area contributed by atoms with Crippen LogP contribution < -0.4 is 0 Å². The van der Waals surface area contributed by atoms with E-state index in [4.69, 9.17) is 9.15 Å². The van der Waals surface area contributed by atoms with E-state index < -0.39 is 0 Å². The topological polar surface area (TPSA) is 64.3 Å². The molecule has 2 aliphatic heterocycles. The van der Waals surface area contributed by atoms with Gasteiger partial charge in [0.2, 0.25) is 11.8 Å². The second kappa shape index (κ2) is 5.65. The molecular weight excluding hydrogens is 312 g/mol. The highest BCUT2D eigenvalue weighted by molar-refractivity contribution is 7.09. The van der Waals surface area contributed by atoms with Gasteiger partial charge in [-0.25, -0.2) is 4.98 Å². The smallest absolute Gasteiger partial charge is 0.245 e. The third-order valence-corrected chi connectivity index (χ3v) is 5.87. The Morgan fingerprint density at radius 3 is 2.96 bits per heavy atom. The Morgan fingerprint density at radius 2 is 2.13 bits per heavy atom. The number of rotatable bonds is 4. The lowest BCUT2D eigenvalue weighted by Gasteiger charge is -2.33. The first-order valence-corrected chi connectivity index (χ1v) is 9.32. The van der Waals surface area contributed by atoms with E-state index in [1.54, 1.807) is 11.3 Å². The third kappa shape index (κ3) is 2.81. The Balaban J connectivity index is 1.23. The van der Waals surface area contributed by atoms with Crippen molar-refractivity contribution in [2.45, 2.75) is 50.4 Å². The standard InChI is InChI=1S/C16H20N4O2S/c1-2-10(1)15-18-19-16(22-15)13-7-11-8-20(5-3-12(11)21-13)9-14-17-4-6-23-14/h4,6,10-13H,1-3,5,7-9H2/t11-,12-,13+/m0/s1. The summed E-state index contributed by atoms with van der Waals surface area (Å²) in [4.78, 5) is 6.89. The Hall–Kier alpha value is -1.31. The van der Waals surface area contributed by atoms with E-state index in [1.807, 2.05) is 11.6 Å². The molecule has 2 aromatic rings. The molecule has 2 saturated heterocycles. The maximum absolute atomic E-state index is 6.21. The van der Waals surface area contributed by atoms with Crippen molar-refractivity contribution < 1.29 is 9.15 Å². The molecule has 0 bridgehead atoms. The van der Waals surface area contributed by atoms with Crippen LogP contribution in [0, 0.1) is 5.92 Å². The molecule has 7 heteroatoms. The maximum Gasteiger partial charge on any atom is 0.245 e. The van der Waals surface area contributed by atoms with Gasteiger partial charge in [-0.1, -0.05) is 0 Å². The Labute approximate surface area is 138 Å². The minimum Gasteiger partial charge on any atom is -0.422 e. The van der Waals surface area contributed by atoms with E-state index in [9.17, 15) is 0 Å². The molecule has 3 atom stereocenters. The first kappa shape index (κ1) is 14.1. The molecule has 0 spiro atoms. The molecule has 0 aromatic carbocycles. The number of ether oxygens (including phenoxy) is 1. The zero-order valence-corrected chi connectivity index (χ0v) is 13.7. The average Bonchev–Trinajstić information content (AvgIpc) is 2.99. The van der Waals surface area contributed by atoms with E-state index in [2.05, 4.69) is 20.1 Å². The van der Waals surface area contributed by atoms with Crippen molar-refractivity contribution in [3.8, 4) is 0 Å². The number of hydrogen-bond donors (Lipinski definition) is 0. The van der Waals surface area contributed by atoms with Crippen molar-refractivity contribution in [3.05, 3.63) is 28.4 Å². The Morgan fingerprint density at radius 1 is 1.22 bits per heavy atom. The van der Waals surface area contributed by atoms with Gasteiger partial charge in [-0.15, -0.1) is 21.5 Å². The van der Waals surface area contributed by atoms with Gasteiger partial charge in [0.25, 0.3) is 0 Å². The summed E-state index contributed by atoms with van der Waals surface area (Å²) in [6, 6.07) is 0. The quantitative estimate of drug-likeness (QED) is 0.858. The second-order valence-corrected chi connectivity index (χ2v) is 7.84. The molecule has 1 aliphatic carbocycles. The van der Waals surface area contributed by atoms with Gasteiger partial charge in [-0.3, -0.25) is 4.90 Å². The molecule has 0 radical (unpaired) electrons. The van der Waals surface area contributed by atoms with E-state index in [0.717, 1.165) is 38.4 Å². The van der Waals surface area contributed by atoms with Crippen molar-refractivity contribution >= 4 is 11.3 Å². The van der Waals surface area contributed by atoms with Gasteiger partial charge in [0.1, 0.15) is 11.1 Å². The lowest BCUT2D eigenvalue weighted by Crippen LogP contribution is -2.40. The average molecular weight is 332 g/mol. The van der Waals surface area contributed by atoms with Crippen molar-refractivity contribution in [3.63, 3.8) is 0 Å². The van der Waals surface area contributed by atoms with Crippen molar-refractivity contribution in [1.29, 1.82) is 0 Å². The molecule has 4 heterocycles. The fraction of sp³-hybridized carbons (Fsp3) is 0.688. The minimum absolute atomic E-state index is 0.00943. The fourth-order valence-corrected chi connectivity index (χ4v) is 4.39. The maximum atomic E-state index is 6.21. The summed E-state index contributed by atoms with van der Waals surface area (Å²) in [5.74, 6) is 2.57. The van der Waals surface area contributed by atoms with Gasteiger partial charge in [-0.2, -0.15) is 0 Å².